The van der Waals surface area contributed by atoms with E-state index in [9.17, 15) is 4.79 Å². The van der Waals surface area contributed by atoms with Crippen LogP contribution in [-0.4, -0.2) is 5.78 Å². The molecule has 110 valence electrons. The number of ketones is 1. The number of unbranched alkanes of at least 4 members (excludes halogenated alkanes) is 6. The first kappa shape index (κ1) is 16.7. The Morgan fingerprint density at radius 1 is 1.05 bits per heavy atom. The summed E-state index contributed by atoms with van der Waals surface area (Å²) in [6.07, 6.45) is 11.7. The van der Waals surface area contributed by atoms with Crippen LogP contribution in [-0.2, 0) is 0 Å². The molecule has 20 heavy (non-hydrogen) atoms. The van der Waals surface area contributed by atoms with E-state index in [2.05, 4.69) is 13.5 Å². The number of Topliss-reactive ketones (excluding diaryl/α,β-unsaturated/α-hetero) is 1. The van der Waals surface area contributed by atoms with Crippen molar-refractivity contribution >= 4 is 5.78 Å². The minimum atomic E-state index is -0.0203. The fraction of sp³-hybridized carbons (Fsp3) is 0.526. The lowest BCUT2D eigenvalue weighted by Crippen LogP contribution is -2.12. The average molecular weight is 272 g/mol. The topological polar surface area (TPSA) is 17.1 Å². The third-order valence-corrected chi connectivity index (χ3v) is 3.80. The molecular weight excluding hydrogens is 244 g/mol. The average Bonchev–Trinajstić information content (AvgIpc) is 2.50. The predicted molar refractivity (Wildman–Crippen MR) is 87.1 cm³/mol. The molecule has 1 aromatic carbocycles. The molecule has 0 amide bonds. The van der Waals surface area contributed by atoms with Crippen molar-refractivity contribution in [2.75, 3.05) is 0 Å². The zero-order chi connectivity index (χ0) is 14.6. The molecule has 1 heteroatoms. The number of rotatable bonds is 11. The Hall–Kier alpha value is -1.37. The van der Waals surface area contributed by atoms with Gasteiger partial charge in [-0.3, -0.25) is 4.79 Å². The summed E-state index contributed by atoms with van der Waals surface area (Å²) in [6, 6.07) is 9.56. The molecule has 0 heterocycles. The molecule has 1 nitrogen and oxygen atoms in total. The number of carbonyl (C=O) groups excluding carboxylic acids is 1. The molecular formula is C19H28O. The van der Waals surface area contributed by atoms with Crippen LogP contribution in [0.1, 0.15) is 68.6 Å². The number of allylic oxidation sites excluding steroid dienone is 1. The van der Waals surface area contributed by atoms with Gasteiger partial charge in [0.2, 0.25) is 0 Å². The van der Waals surface area contributed by atoms with Gasteiger partial charge >= 0.3 is 0 Å². The van der Waals surface area contributed by atoms with Crippen molar-refractivity contribution in [3.8, 4) is 0 Å². The molecule has 0 aliphatic heterocycles. The zero-order valence-corrected chi connectivity index (χ0v) is 12.8. The summed E-state index contributed by atoms with van der Waals surface area (Å²) in [5.74, 6) is 0.194. The molecule has 0 N–H and O–H groups in total. The molecule has 0 bridgehead atoms. The van der Waals surface area contributed by atoms with Gasteiger partial charge in [-0.15, -0.1) is 6.58 Å². The SMILES string of the molecule is C=CC(CCCCCCCCC)C(=O)c1ccccc1. The van der Waals surface area contributed by atoms with Gasteiger partial charge in [-0.25, -0.2) is 0 Å². The van der Waals surface area contributed by atoms with E-state index in [-0.39, 0.29) is 11.7 Å². The maximum absolute atomic E-state index is 12.3. The third kappa shape index (κ3) is 6.18. The molecule has 0 fully saturated rings. The number of hydrogen-bond donors (Lipinski definition) is 0. The maximum Gasteiger partial charge on any atom is 0.169 e. The normalized spacial score (nSPS) is 12.1. The van der Waals surface area contributed by atoms with Crippen LogP contribution in [0.25, 0.3) is 0 Å². The van der Waals surface area contributed by atoms with Crippen molar-refractivity contribution in [3.05, 3.63) is 48.6 Å². The molecule has 0 spiro atoms. The van der Waals surface area contributed by atoms with Crippen molar-refractivity contribution in [1.29, 1.82) is 0 Å². The second-order valence-corrected chi connectivity index (χ2v) is 5.48. The fourth-order valence-electron chi connectivity index (χ4n) is 2.49. The molecule has 0 radical (unpaired) electrons. The van der Waals surface area contributed by atoms with Crippen molar-refractivity contribution in [1.82, 2.24) is 0 Å². The van der Waals surface area contributed by atoms with Gasteiger partial charge in [-0.05, 0) is 6.42 Å². The molecule has 0 saturated heterocycles. The first-order valence-corrected chi connectivity index (χ1v) is 8.01. The van der Waals surface area contributed by atoms with Crippen LogP contribution >= 0.6 is 0 Å². The second-order valence-electron chi connectivity index (χ2n) is 5.48. The van der Waals surface area contributed by atoms with Crippen LogP contribution in [0.15, 0.2) is 43.0 Å². The summed E-state index contributed by atoms with van der Waals surface area (Å²) in [4.78, 5) is 12.3. The number of hydrogen-bond acceptors (Lipinski definition) is 1. The smallest absolute Gasteiger partial charge is 0.169 e. The van der Waals surface area contributed by atoms with Crippen LogP contribution in [0.4, 0.5) is 0 Å². The van der Waals surface area contributed by atoms with Crippen molar-refractivity contribution in [3.63, 3.8) is 0 Å². The summed E-state index contributed by atoms with van der Waals surface area (Å²) in [5.41, 5.74) is 0.806. The third-order valence-electron chi connectivity index (χ3n) is 3.80. The van der Waals surface area contributed by atoms with Crippen molar-refractivity contribution in [2.45, 2.75) is 58.3 Å². The van der Waals surface area contributed by atoms with Gasteiger partial charge < -0.3 is 0 Å². The highest BCUT2D eigenvalue weighted by molar-refractivity contribution is 5.98. The van der Waals surface area contributed by atoms with Gasteiger partial charge in [0.05, 0.1) is 0 Å². The Bertz CT molecular complexity index is 380. The summed E-state index contributed by atoms with van der Waals surface area (Å²) in [6.45, 7) is 6.07. The minimum Gasteiger partial charge on any atom is -0.294 e. The highest BCUT2D eigenvalue weighted by atomic mass is 16.1. The second kappa shape index (κ2) is 10.4. The first-order chi connectivity index (χ1) is 9.79. The lowest BCUT2D eigenvalue weighted by Gasteiger charge is -2.11. The quantitative estimate of drug-likeness (QED) is 0.282. The minimum absolute atomic E-state index is 0.0203. The molecule has 0 aromatic heterocycles. The van der Waals surface area contributed by atoms with E-state index < -0.39 is 0 Å². The van der Waals surface area contributed by atoms with Gasteiger partial charge in [-0.2, -0.15) is 0 Å². The Labute approximate surface area is 124 Å². The molecule has 0 aliphatic rings. The standard InChI is InChI=1S/C19H28O/c1-3-5-6-7-8-9-11-14-17(4-2)19(20)18-15-12-10-13-16-18/h4,10,12-13,15-17H,2-3,5-9,11,14H2,1H3. The molecule has 1 atom stereocenters. The highest BCUT2D eigenvalue weighted by Crippen LogP contribution is 2.18. The van der Waals surface area contributed by atoms with Gasteiger partial charge in [0.15, 0.2) is 5.78 Å². The monoisotopic (exact) mass is 272 g/mol. The highest BCUT2D eigenvalue weighted by Gasteiger charge is 2.15. The van der Waals surface area contributed by atoms with Crippen LogP contribution < -0.4 is 0 Å². The van der Waals surface area contributed by atoms with E-state index in [1.54, 1.807) is 0 Å². The zero-order valence-electron chi connectivity index (χ0n) is 12.8. The number of carbonyl (C=O) groups is 1. The van der Waals surface area contributed by atoms with E-state index >= 15 is 0 Å². The van der Waals surface area contributed by atoms with Crippen molar-refractivity contribution < 1.29 is 4.79 Å². The van der Waals surface area contributed by atoms with Gasteiger partial charge in [0.25, 0.3) is 0 Å². The summed E-state index contributed by atoms with van der Waals surface area (Å²) in [7, 11) is 0. The maximum atomic E-state index is 12.3. The van der Waals surface area contributed by atoms with E-state index in [1.165, 1.54) is 38.5 Å². The molecule has 1 unspecified atom stereocenters. The van der Waals surface area contributed by atoms with Crippen LogP contribution in [0.3, 0.4) is 0 Å². The lowest BCUT2D eigenvalue weighted by molar-refractivity contribution is 0.0939. The van der Waals surface area contributed by atoms with Gasteiger partial charge in [0, 0.05) is 11.5 Å². The molecule has 1 aromatic rings. The Balaban J connectivity index is 2.26. The Kier molecular flexibility index (Phi) is 8.69. The van der Waals surface area contributed by atoms with Crippen LogP contribution in [0, 0.1) is 5.92 Å². The largest absolute Gasteiger partial charge is 0.294 e. The Morgan fingerprint density at radius 2 is 1.65 bits per heavy atom. The van der Waals surface area contributed by atoms with Gasteiger partial charge in [-0.1, -0.05) is 88.3 Å². The van der Waals surface area contributed by atoms with Crippen LogP contribution in [0.2, 0.25) is 0 Å². The Morgan fingerprint density at radius 3 is 2.25 bits per heavy atom. The van der Waals surface area contributed by atoms with Crippen molar-refractivity contribution in [2.24, 2.45) is 5.92 Å². The number of benzene rings is 1. The van der Waals surface area contributed by atoms with E-state index in [4.69, 9.17) is 0 Å². The molecule has 1 rings (SSSR count). The first-order valence-electron chi connectivity index (χ1n) is 8.01. The lowest BCUT2D eigenvalue weighted by atomic mass is 9.92. The molecule has 0 aliphatic carbocycles. The van der Waals surface area contributed by atoms with Crippen LogP contribution in [0.5, 0.6) is 0 Å². The summed E-state index contributed by atoms with van der Waals surface area (Å²) in [5, 5.41) is 0. The van der Waals surface area contributed by atoms with Gasteiger partial charge in [0.1, 0.15) is 0 Å². The van der Waals surface area contributed by atoms with E-state index in [0.717, 1.165) is 18.4 Å². The summed E-state index contributed by atoms with van der Waals surface area (Å²) < 4.78 is 0. The van der Waals surface area contributed by atoms with E-state index in [1.807, 2.05) is 36.4 Å². The predicted octanol–water partition coefficient (Wildman–Crippen LogP) is 5.81. The summed E-state index contributed by atoms with van der Waals surface area (Å²) >= 11 is 0. The fourth-order valence-corrected chi connectivity index (χ4v) is 2.49. The van der Waals surface area contributed by atoms with E-state index in [0.29, 0.717) is 0 Å². The molecule has 0 saturated carbocycles.